The van der Waals surface area contributed by atoms with Gasteiger partial charge in [-0.1, -0.05) is 36.4 Å². The predicted molar refractivity (Wildman–Crippen MR) is 96.3 cm³/mol. The summed E-state index contributed by atoms with van der Waals surface area (Å²) in [6.45, 7) is 1.10. The van der Waals surface area contributed by atoms with Crippen molar-refractivity contribution >= 4 is 10.0 Å². The van der Waals surface area contributed by atoms with Crippen LogP contribution in [-0.4, -0.2) is 56.1 Å². The Morgan fingerprint density at radius 1 is 0.920 bits per heavy atom. The molecular formula is C19H21FN2O2S. The van der Waals surface area contributed by atoms with E-state index < -0.39 is 10.0 Å². The average molecular weight is 360 g/mol. The molecule has 3 atom stereocenters. The molecule has 25 heavy (non-hydrogen) atoms. The topological polar surface area (TPSA) is 40.6 Å². The summed E-state index contributed by atoms with van der Waals surface area (Å²) < 4.78 is 38.3. The van der Waals surface area contributed by atoms with Crippen LogP contribution in [0.15, 0.2) is 48.5 Å². The fourth-order valence-corrected chi connectivity index (χ4v) is 4.99. The van der Waals surface area contributed by atoms with E-state index in [1.807, 2.05) is 0 Å². The number of halogens is 1. The van der Waals surface area contributed by atoms with Gasteiger partial charge in [0.1, 0.15) is 5.82 Å². The Bertz CT molecular complexity index is 867. The maximum atomic E-state index is 13.1. The van der Waals surface area contributed by atoms with Crippen molar-refractivity contribution in [2.24, 2.45) is 0 Å². The maximum absolute atomic E-state index is 13.1. The van der Waals surface area contributed by atoms with Gasteiger partial charge < -0.3 is 0 Å². The van der Waals surface area contributed by atoms with E-state index in [-0.39, 0.29) is 17.9 Å². The zero-order valence-corrected chi connectivity index (χ0v) is 15.1. The van der Waals surface area contributed by atoms with E-state index in [9.17, 15) is 12.8 Å². The third-order valence-corrected chi connectivity index (χ3v) is 6.84. The second kappa shape index (κ2) is 5.90. The maximum Gasteiger partial charge on any atom is 0.211 e. The van der Waals surface area contributed by atoms with Crippen LogP contribution in [0.2, 0.25) is 0 Å². The summed E-state index contributed by atoms with van der Waals surface area (Å²) in [6.07, 6.45) is 1.28. The third kappa shape index (κ3) is 2.88. The van der Waals surface area contributed by atoms with Crippen molar-refractivity contribution < 1.29 is 12.8 Å². The zero-order chi connectivity index (χ0) is 17.8. The SMILES string of the molecule is CN1[C@@H]2CN(S(C)(=O)=O)C[C@H]1C2c1ccc(-c2ccc(F)cc2)cc1. The number of sulfonamides is 1. The molecule has 0 N–H and O–H groups in total. The van der Waals surface area contributed by atoms with Crippen LogP contribution in [0, 0.1) is 5.82 Å². The van der Waals surface area contributed by atoms with E-state index in [0.29, 0.717) is 19.0 Å². The Hall–Kier alpha value is -1.76. The molecule has 1 unspecified atom stereocenters. The molecule has 132 valence electrons. The van der Waals surface area contributed by atoms with E-state index in [1.54, 1.807) is 16.4 Å². The van der Waals surface area contributed by atoms with E-state index in [1.165, 1.54) is 24.0 Å². The van der Waals surface area contributed by atoms with Gasteiger partial charge in [-0.25, -0.2) is 12.8 Å². The highest BCUT2D eigenvalue weighted by Gasteiger charge is 2.53. The van der Waals surface area contributed by atoms with E-state index >= 15 is 0 Å². The van der Waals surface area contributed by atoms with Gasteiger partial charge in [0, 0.05) is 31.1 Å². The zero-order valence-electron chi connectivity index (χ0n) is 14.3. The Labute approximate surface area is 147 Å². The van der Waals surface area contributed by atoms with Gasteiger partial charge in [-0.05, 0) is 35.9 Å². The third-order valence-electron chi connectivity index (χ3n) is 5.60. The van der Waals surface area contributed by atoms with Crippen LogP contribution < -0.4 is 0 Å². The molecule has 2 aliphatic rings. The second-order valence-corrected chi connectivity index (χ2v) is 9.02. The molecule has 0 aliphatic carbocycles. The summed E-state index contributed by atoms with van der Waals surface area (Å²) >= 11 is 0. The quantitative estimate of drug-likeness (QED) is 0.845. The number of hydrogen-bond donors (Lipinski definition) is 0. The summed E-state index contributed by atoms with van der Waals surface area (Å²) in [5, 5.41) is 0. The number of hydrogen-bond acceptors (Lipinski definition) is 3. The summed E-state index contributed by atoms with van der Waals surface area (Å²) in [5.74, 6) is 0.131. The van der Waals surface area contributed by atoms with Gasteiger partial charge in [0.2, 0.25) is 10.0 Å². The van der Waals surface area contributed by atoms with Gasteiger partial charge in [0.05, 0.1) is 6.26 Å². The smallest absolute Gasteiger partial charge is 0.211 e. The van der Waals surface area contributed by atoms with Gasteiger partial charge in [-0.2, -0.15) is 4.31 Å². The summed E-state index contributed by atoms with van der Waals surface area (Å²) in [4.78, 5) is 2.28. The molecule has 0 spiro atoms. The average Bonchev–Trinajstić information content (AvgIpc) is 2.60. The molecule has 0 aromatic heterocycles. The molecule has 2 heterocycles. The summed E-state index contributed by atoms with van der Waals surface area (Å²) in [5.41, 5.74) is 3.29. The number of rotatable bonds is 3. The van der Waals surface area contributed by atoms with Gasteiger partial charge >= 0.3 is 0 Å². The lowest BCUT2D eigenvalue weighted by atomic mass is 9.73. The van der Waals surface area contributed by atoms with Crippen LogP contribution in [0.5, 0.6) is 0 Å². The Balaban J connectivity index is 1.55. The van der Waals surface area contributed by atoms with Crippen LogP contribution in [0.4, 0.5) is 4.39 Å². The van der Waals surface area contributed by atoms with Gasteiger partial charge in [-0.15, -0.1) is 0 Å². The first-order chi connectivity index (χ1) is 11.8. The minimum atomic E-state index is -3.13. The Morgan fingerprint density at radius 3 is 1.88 bits per heavy atom. The van der Waals surface area contributed by atoms with Crippen molar-refractivity contribution in [3.05, 3.63) is 59.9 Å². The molecule has 4 nitrogen and oxygen atoms in total. The lowest BCUT2D eigenvalue weighted by molar-refractivity contribution is -0.0482. The van der Waals surface area contributed by atoms with Crippen molar-refractivity contribution in [3.8, 4) is 11.1 Å². The molecule has 2 saturated heterocycles. The van der Waals surface area contributed by atoms with Crippen molar-refractivity contribution in [3.63, 3.8) is 0 Å². The fraction of sp³-hybridized carbons (Fsp3) is 0.368. The van der Waals surface area contributed by atoms with E-state index in [0.717, 1.165) is 11.1 Å². The molecule has 2 aliphatic heterocycles. The molecule has 2 aromatic carbocycles. The molecule has 0 radical (unpaired) electrons. The number of likely N-dealkylation sites (N-methyl/N-ethyl adjacent to an activating group) is 1. The van der Waals surface area contributed by atoms with E-state index in [4.69, 9.17) is 0 Å². The van der Waals surface area contributed by atoms with Crippen LogP contribution in [0.3, 0.4) is 0 Å². The van der Waals surface area contributed by atoms with Crippen molar-refractivity contribution in [2.45, 2.75) is 18.0 Å². The Morgan fingerprint density at radius 2 is 1.40 bits per heavy atom. The van der Waals surface area contributed by atoms with Gasteiger partial charge in [0.15, 0.2) is 0 Å². The molecule has 2 bridgehead atoms. The van der Waals surface area contributed by atoms with Crippen LogP contribution in [-0.2, 0) is 10.0 Å². The highest BCUT2D eigenvalue weighted by atomic mass is 32.2. The molecule has 4 rings (SSSR count). The highest BCUT2D eigenvalue weighted by Crippen LogP contribution is 2.44. The molecule has 6 heteroatoms. The summed E-state index contributed by atoms with van der Waals surface area (Å²) in [7, 11) is -1.06. The number of nitrogens with zero attached hydrogens (tertiary/aromatic N) is 2. The number of piperidine rings is 1. The summed E-state index contributed by atoms with van der Waals surface area (Å²) in [6, 6.07) is 15.3. The molecule has 2 fully saturated rings. The van der Waals surface area contributed by atoms with Gasteiger partial charge in [-0.3, -0.25) is 4.90 Å². The van der Waals surface area contributed by atoms with Crippen molar-refractivity contribution in [1.29, 1.82) is 0 Å². The van der Waals surface area contributed by atoms with Crippen molar-refractivity contribution in [2.75, 3.05) is 26.4 Å². The monoisotopic (exact) mass is 360 g/mol. The molecule has 0 amide bonds. The number of piperazine rings is 1. The first-order valence-electron chi connectivity index (χ1n) is 8.37. The van der Waals surface area contributed by atoms with E-state index in [2.05, 4.69) is 36.2 Å². The standard InChI is InChI=1S/C19H21FN2O2S/c1-21-17-11-22(25(2,23)24)12-18(21)19(17)15-5-3-13(4-6-15)14-7-9-16(20)10-8-14/h3-10,17-19H,11-12H2,1-2H3/t17-,18+,19?. The predicted octanol–water partition coefficient (Wildman–Crippen LogP) is 2.53. The lowest BCUT2D eigenvalue weighted by Crippen LogP contribution is -2.72. The first-order valence-corrected chi connectivity index (χ1v) is 10.2. The lowest BCUT2D eigenvalue weighted by Gasteiger charge is -2.60. The highest BCUT2D eigenvalue weighted by molar-refractivity contribution is 7.88. The molecular weight excluding hydrogens is 339 g/mol. The van der Waals surface area contributed by atoms with Crippen LogP contribution in [0.1, 0.15) is 11.5 Å². The van der Waals surface area contributed by atoms with Crippen LogP contribution >= 0.6 is 0 Å². The van der Waals surface area contributed by atoms with Crippen LogP contribution in [0.25, 0.3) is 11.1 Å². The molecule has 2 aromatic rings. The minimum Gasteiger partial charge on any atom is -0.296 e. The van der Waals surface area contributed by atoms with Gasteiger partial charge in [0.25, 0.3) is 0 Å². The molecule has 0 saturated carbocycles. The number of fused-ring (bicyclic) bond motifs is 2. The Kier molecular flexibility index (Phi) is 3.94. The largest absolute Gasteiger partial charge is 0.296 e. The minimum absolute atomic E-state index is 0.227. The normalized spacial score (nSPS) is 27.1. The van der Waals surface area contributed by atoms with Crippen molar-refractivity contribution in [1.82, 2.24) is 9.21 Å². The fourth-order valence-electron chi connectivity index (χ4n) is 4.14. The second-order valence-electron chi connectivity index (χ2n) is 7.03. The first kappa shape index (κ1) is 16.7. The number of benzene rings is 2.